The van der Waals surface area contributed by atoms with E-state index in [1.807, 2.05) is 19.1 Å². The number of furan rings is 1. The van der Waals surface area contributed by atoms with Crippen LogP contribution in [0.15, 0.2) is 46.9 Å². The van der Waals surface area contributed by atoms with Crippen LogP contribution in [0.25, 0.3) is 0 Å². The molecule has 0 fully saturated rings. The SMILES string of the molecule is Cc1ccc(CNC(C)CCc2ccccc2)o1. The van der Waals surface area contributed by atoms with Gasteiger partial charge in [-0.3, -0.25) is 0 Å². The van der Waals surface area contributed by atoms with Gasteiger partial charge in [-0.1, -0.05) is 30.3 Å². The maximum atomic E-state index is 5.53. The van der Waals surface area contributed by atoms with Gasteiger partial charge in [-0.05, 0) is 44.4 Å². The van der Waals surface area contributed by atoms with Crippen LogP contribution >= 0.6 is 0 Å². The maximum Gasteiger partial charge on any atom is 0.117 e. The summed E-state index contributed by atoms with van der Waals surface area (Å²) in [6, 6.07) is 15.2. The highest BCUT2D eigenvalue weighted by molar-refractivity contribution is 5.14. The molecule has 0 saturated heterocycles. The van der Waals surface area contributed by atoms with Crippen molar-refractivity contribution >= 4 is 0 Å². The van der Waals surface area contributed by atoms with Gasteiger partial charge in [0.2, 0.25) is 0 Å². The third-order valence-corrected chi connectivity index (χ3v) is 3.13. The fourth-order valence-electron chi connectivity index (χ4n) is 1.98. The number of hydrogen-bond acceptors (Lipinski definition) is 2. The summed E-state index contributed by atoms with van der Waals surface area (Å²) in [5.41, 5.74) is 1.40. The van der Waals surface area contributed by atoms with Crippen molar-refractivity contribution in [3.8, 4) is 0 Å². The van der Waals surface area contributed by atoms with Crippen molar-refractivity contribution < 1.29 is 4.42 Å². The van der Waals surface area contributed by atoms with Gasteiger partial charge in [-0.25, -0.2) is 0 Å². The lowest BCUT2D eigenvalue weighted by Gasteiger charge is -2.12. The Labute approximate surface area is 109 Å². The van der Waals surface area contributed by atoms with E-state index < -0.39 is 0 Å². The molecule has 0 aliphatic heterocycles. The van der Waals surface area contributed by atoms with Crippen molar-refractivity contribution in [2.75, 3.05) is 0 Å². The first-order valence-electron chi connectivity index (χ1n) is 6.56. The molecule has 0 bridgehead atoms. The van der Waals surface area contributed by atoms with Crippen molar-refractivity contribution in [2.24, 2.45) is 0 Å². The first-order chi connectivity index (χ1) is 8.74. The van der Waals surface area contributed by atoms with Crippen LogP contribution in [-0.2, 0) is 13.0 Å². The summed E-state index contributed by atoms with van der Waals surface area (Å²) in [5.74, 6) is 1.99. The molecule has 2 heteroatoms. The van der Waals surface area contributed by atoms with E-state index in [0.717, 1.165) is 30.9 Å². The standard InChI is InChI=1S/C16H21NO/c1-13(8-10-15-6-4-3-5-7-15)17-12-16-11-9-14(2)18-16/h3-7,9,11,13,17H,8,10,12H2,1-2H3. The molecular weight excluding hydrogens is 222 g/mol. The van der Waals surface area contributed by atoms with Crippen molar-refractivity contribution in [3.05, 3.63) is 59.5 Å². The molecule has 18 heavy (non-hydrogen) atoms. The molecule has 0 spiro atoms. The average molecular weight is 243 g/mol. The second-order valence-electron chi connectivity index (χ2n) is 4.82. The quantitative estimate of drug-likeness (QED) is 0.837. The van der Waals surface area contributed by atoms with Gasteiger partial charge in [-0.2, -0.15) is 0 Å². The van der Waals surface area contributed by atoms with Crippen LogP contribution in [0.5, 0.6) is 0 Å². The Hall–Kier alpha value is -1.54. The molecule has 0 amide bonds. The number of aryl methyl sites for hydroxylation is 2. The van der Waals surface area contributed by atoms with Gasteiger partial charge in [0.05, 0.1) is 6.54 Å². The highest BCUT2D eigenvalue weighted by Crippen LogP contribution is 2.08. The molecular formula is C16H21NO. The molecule has 0 saturated carbocycles. The topological polar surface area (TPSA) is 25.2 Å². The van der Waals surface area contributed by atoms with E-state index in [0.29, 0.717) is 6.04 Å². The fraction of sp³-hybridized carbons (Fsp3) is 0.375. The summed E-state index contributed by atoms with van der Waals surface area (Å²) in [5, 5.41) is 3.49. The lowest BCUT2D eigenvalue weighted by atomic mass is 10.1. The van der Waals surface area contributed by atoms with Gasteiger partial charge >= 0.3 is 0 Å². The summed E-state index contributed by atoms with van der Waals surface area (Å²) in [7, 11) is 0. The lowest BCUT2D eigenvalue weighted by molar-refractivity contribution is 0.431. The summed E-state index contributed by atoms with van der Waals surface area (Å²) < 4.78 is 5.53. The molecule has 0 radical (unpaired) electrons. The van der Waals surface area contributed by atoms with E-state index in [1.165, 1.54) is 5.56 Å². The first kappa shape index (κ1) is 12.9. The molecule has 2 rings (SSSR count). The Morgan fingerprint density at radius 1 is 1.11 bits per heavy atom. The minimum absolute atomic E-state index is 0.496. The largest absolute Gasteiger partial charge is 0.465 e. The Balaban J connectivity index is 1.71. The number of nitrogens with one attached hydrogen (secondary N) is 1. The monoisotopic (exact) mass is 243 g/mol. The molecule has 2 nitrogen and oxygen atoms in total. The van der Waals surface area contributed by atoms with E-state index in [-0.39, 0.29) is 0 Å². The van der Waals surface area contributed by atoms with Crippen LogP contribution in [0, 0.1) is 6.92 Å². The normalized spacial score (nSPS) is 12.6. The van der Waals surface area contributed by atoms with Crippen molar-refractivity contribution in [3.63, 3.8) is 0 Å². The van der Waals surface area contributed by atoms with Crippen LogP contribution in [-0.4, -0.2) is 6.04 Å². The Morgan fingerprint density at radius 3 is 2.56 bits per heavy atom. The highest BCUT2D eigenvalue weighted by atomic mass is 16.3. The Bertz CT molecular complexity index is 461. The predicted molar refractivity (Wildman–Crippen MR) is 74.5 cm³/mol. The molecule has 96 valence electrons. The van der Waals surface area contributed by atoms with Gasteiger partial charge in [0.25, 0.3) is 0 Å². The molecule has 1 aromatic carbocycles. The molecule has 0 aliphatic carbocycles. The summed E-state index contributed by atoms with van der Waals surface area (Å²) in [6.45, 7) is 5.00. The molecule has 1 aromatic heterocycles. The zero-order chi connectivity index (χ0) is 12.8. The van der Waals surface area contributed by atoms with Gasteiger partial charge in [0, 0.05) is 6.04 Å². The van der Waals surface area contributed by atoms with Crippen LogP contribution in [0.1, 0.15) is 30.4 Å². The van der Waals surface area contributed by atoms with E-state index in [4.69, 9.17) is 4.42 Å². The zero-order valence-corrected chi connectivity index (χ0v) is 11.1. The smallest absolute Gasteiger partial charge is 0.117 e. The summed E-state index contributed by atoms with van der Waals surface area (Å²) in [4.78, 5) is 0. The molecule has 2 aromatic rings. The molecule has 1 N–H and O–H groups in total. The third kappa shape index (κ3) is 4.04. The maximum absolute atomic E-state index is 5.53. The lowest BCUT2D eigenvalue weighted by Crippen LogP contribution is -2.25. The zero-order valence-electron chi connectivity index (χ0n) is 11.1. The van der Waals surface area contributed by atoms with Crippen molar-refractivity contribution in [1.82, 2.24) is 5.32 Å². The van der Waals surface area contributed by atoms with Crippen molar-refractivity contribution in [1.29, 1.82) is 0 Å². The first-order valence-corrected chi connectivity index (χ1v) is 6.56. The Kier molecular flexibility index (Phi) is 4.59. The molecule has 1 atom stereocenters. The van der Waals surface area contributed by atoms with Gasteiger partial charge in [-0.15, -0.1) is 0 Å². The van der Waals surface area contributed by atoms with E-state index in [9.17, 15) is 0 Å². The summed E-state index contributed by atoms with van der Waals surface area (Å²) in [6.07, 6.45) is 2.26. The minimum atomic E-state index is 0.496. The predicted octanol–water partition coefficient (Wildman–Crippen LogP) is 3.70. The van der Waals surface area contributed by atoms with Crippen LogP contribution in [0.3, 0.4) is 0 Å². The van der Waals surface area contributed by atoms with Crippen LogP contribution in [0.2, 0.25) is 0 Å². The Morgan fingerprint density at radius 2 is 1.89 bits per heavy atom. The average Bonchev–Trinajstić information content (AvgIpc) is 2.81. The second kappa shape index (κ2) is 6.41. The number of benzene rings is 1. The van der Waals surface area contributed by atoms with E-state index >= 15 is 0 Å². The van der Waals surface area contributed by atoms with Crippen LogP contribution in [0.4, 0.5) is 0 Å². The van der Waals surface area contributed by atoms with Crippen LogP contribution < -0.4 is 5.32 Å². The fourth-order valence-corrected chi connectivity index (χ4v) is 1.98. The minimum Gasteiger partial charge on any atom is -0.465 e. The highest BCUT2D eigenvalue weighted by Gasteiger charge is 2.04. The van der Waals surface area contributed by atoms with E-state index in [1.54, 1.807) is 0 Å². The van der Waals surface area contributed by atoms with Gasteiger partial charge in [0.15, 0.2) is 0 Å². The second-order valence-corrected chi connectivity index (χ2v) is 4.82. The molecule has 1 heterocycles. The van der Waals surface area contributed by atoms with Gasteiger partial charge < -0.3 is 9.73 Å². The number of hydrogen-bond donors (Lipinski definition) is 1. The molecule has 0 aliphatic rings. The van der Waals surface area contributed by atoms with E-state index in [2.05, 4.69) is 42.6 Å². The third-order valence-electron chi connectivity index (χ3n) is 3.13. The number of rotatable bonds is 6. The molecule has 1 unspecified atom stereocenters. The summed E-state index contributed by atoms with van der Waals surface area (Å²) >= 11 is 0. The van der Waals surface area contributed by atoms with Crippen molar-refractivity contribution in [2.45, 2.75) is 39.3 Å². The van der Waals surface area contributed by atoms with Gasteiger partial charge in [0.1, 0.15) is 11.5 Å².